The number of ether oxygens (including phenoxy) is 2. The molecule has 0 fully saturated rings. The summed E-state index contributed by atoms with van der Waals surface area (Å²) in [5, 5.41) is 20.3. The number of para-hydroxylation sites is 2. The monoisotopic (exact) mass is 384 g/mol. The molecule has 0 bridgehead atoms. The van der Waals surface area contributed by atoms with E-state index in [1.807, 2.05) is 44.3 Å². The Morgan fingerprint density at radius 1 is 1.22 bits per heavy atom. The van der Waals surface area contributed by atoms with Crippen molar-refractivity contribution in [2.24, 2.45) is 7.05 Å². The SMILES string of the molecule is Cc1ccc(Sc2nnc(C3COc4ccccc4O3)n2C)c([N+](=O)[O-])c1. The zero-order valence-electron chi connectivity index (χ0n) is 14.7. The zero-order valence-corrected chi connectivity index (χ0v) is 15.5. The van der Waals surface area contributed by atoms with Crippen LogP contribution in [-0.2, 0) is 7.05 Å². The molecule has 27 heavy (non-hydrogen) atoms. The van der Waals surface area contributed by atoms with Crippen molar-refractivity contribution in [2.75, 3.05) is 6.61 Å². The highest BCUT2D eigenvalue weighted by atomic mass is 32.2. The number of fused-ring (bicyclic) bond motifs is 1. The van der Waals surface area contributed by atoms with E-state index < -0.39 is 6.10 Å². The molecule has 9 heteroatoms. The number of hydrogen-bond donors (Lipinski definition) is 0. The second kappa shape index (κ2) is 6.92. The molecule has 0 radical (unpaired) electrons. The highest BCUT2D eigenvalue weighted by Crippen LogP contribution is 2.38. The molecule has 1 aliphatic rings. The Hall–Kier alpha value is -3.07. The van der Waals surface area contributed by atoms with E-state index in [2.05, 4.69) is 10.2 Å². The van der Waals surface area contributed by atoms with E-state index in [-0.39, 0.29) is 10.6 Å². The molecule has 0 saturated carbocycles. The molecule has 1 aromatic heterocycles. The Balaban J connectivity index is 1.60. The lowest BCUT2D eigenvalue weighted by molar-refractivity contribution is -0.387. The maximum Gasteiger partial charge on any atom is 0.283 e. The van der Waals surface area contributed by atoms with Gasteiger partial charge in [0.05, 0.1) is 9.82 Å². The van der Waals surface area contributed by atoms with Crippen LogP contribution >= 0.6 is 11.8 Å². The Morgan fingerprint density at radius 2 is 2.00 bits per heavy atom. The normalized spacial score (nSPS) is 15.6. The summed E-state index contributed by atoms with van der Waals surface area (Å²) in [6, 6.07) is 12.6. The van der Waals surface area contributed by atoms with Crippen molar-refractivity contribution in [1.29, 1.82) is 0 Å². The van der Waals surface area contributed by atoms with E-state index >= 15 is 0 Å². The third-order valence-electron chi connectivity index (χ3n) is 4.18. The summed E-state index contributed by atoms with van der Waals surface area (Å²) in [5.41, 5.74) is 0.881. The highest BCUT2D eigenvalue weighted by molar-refractivity contribution is 7.99. The first kappa shape index (κ1) is 17.3. The summed E-state index contributed by atoms with van der Waals surface area (Å²) >= 11 is 1.20. The van der Waals surface area contributed by atoms with Crippen LogP contribution in [-0.4, -0.2) is 26.3 Å². The molecule has 0 amide bonds. The van der Waals surface area contributed by atoms with E-state index in [1.165, 1.54) is 11.8 Å². The molecule has 1 unspecified atom stereocenters. The summed E-state index contributed by atoms with van der Waals surface area (Å²) < 4.78 is 13.5. The molecule has 8 nitrogen and oxygen atoms in total. The van der Waals surface area contributed by atoms with Gasteiger partial charge in [-0.15, -0.1) is 10.2 Å². The Kier molecular flexibility index (Phi) is 4.44. The number of rotatable bonds is 4. The van der Waals surface area contributed by atoms with Crippen LogP contribution in [0.1, 0.15) is 17.5 Å². The Bertz CT molecular complexity index is 1020. The average molecular weight is 384 g/mol. The summed E-state index contributed by atoms with van der Waals surface area (Å²) in [4.78, 5) is 11.5. The van der Waals surface area contributed by atoms with Crippen LogP contribution in [0.25, 0.3) is 0 Å². The molecule has 3 aromatic rings. The lowest BCUT2D eigenvalue weighted by Gasteiger charge is -2.25. The first-order chi connectivity index (χ1) is 13.0. The molecule has 0 N–H and O–H groups in total. The minimum atomic E-state index is -0.403. The van der Waals surface area contributed by atoms with Gasteiger partial charge in [0.15, 0.2) is 28.6 Å². The second-order valence-corrected chi connectivity index (χ2v) is 7.10. The van der Waals surface area contributed by atoms with Crippen LogP contribution in [0.5, 0.6) is 11.5 Å². The number of nitro groups is 1. The van der Waals surface area contributed by atoms with Gasteiger partial charge in [-0.3, -0.25) is 10.1 Å². The standard InChI is InChI=1S/C18H16N4O4S/c1-11-7-8-16(12(9-11)22(23)24)27-18-20-19-17(21(18)2)15-10-25-13-5-3-4-6-14(13)26-15/h3-9,15H,10H2,1-2H3. The van der Waals surface area contributed by atoms with Gasteiger partial charge in [0.2, 0.25) is 0 Å². The Labute approximate surface area is 159 Å². The lowest BCUT2D eigenvalue weighted by atomic mass is 10.2. The number of aromatic nitrogens is 3. The molecule has 0 saturated heterocycles. The lowest BCUT2D eigenvalue weighted by Crippen LogP contribution is -2.24. The first-order valence-electron chi connectivity index (χ1n) is 8.23. The maximum absolute atomic E-state index is 11.3. The van der Waals surface area contributed by atoms with Crippen LogP contribution in [0, 0.1) is 17.0 Å². The number of hydrogen-bond acceptors (Lipinski definition) is 7. The van der Waals surface area contributed by atoms with Crippen LogP contribution in [0.3, 0.4) is 0 Å². The summed E-state index contributed by atoms with van der Waals surface area (Å²) in [5.74, 6) is 1.95. The molecule has 4 rings (SSSR count). The number of nitro benzene ring substituents is 1. The van der Waals surface area contributed by atoms with Gasteiger partial charge in [-0.2, -0.15) is 0 Å². The van der Waals surface area contributed by atoms with Gasteiger partial charge in [-0.1, -0.05) is 18.2 Å². The minimum Gasteiger partial charge on any atom is -0.485 e. The van der Waals surface area contributed by atoms with Crippen molar-refractivity contribution in [3.8, 4) is 11.5 Å². The Morgan fingerprint density at radius 3 is 2.78 bits per heavy atom. The van der Waals surface area contributed by atoms with E-state index in [4.69, 9.17) is 9.47 Å². The average Bonchev–Trinajstić information content (AvgIpc) is 3.03. The summed E-state index contributed by atoms with van der Waals surface area (Å²) in [6.07, 6.45) is -0.403. The van der Waals surface area contributed by atoms with Crippen molar-refractivity contribution in [2.45, 2.75) is 23.1 Å². The molecule has 2 heterocycles. The van der Waals surface area contributed by atoms with Crippen LogP contribution < -0.4 is 9.47 Å². The van der Waals surface area contributed by atoms with Crippen molar-refractivity contribution < 1.29 is 14.4 Å². The van der Waals surface area contributed by atoms with Gasteiger partial charge < -0.3 is 14.0 Å². The fraction of sp³-hybridized carbons (Fsp3) is 0.222. The minimum absolute atomic E-state index is 0.0516. The highest BCUT2D eigenvalue weighted by Gasteiger charge is 2.28. The van der Waals surface area contributed by atoms with E-state index in [0.717, 1.165) is 5.56 Å². The van der Waals surface area contributed by atoms with E-state index in [9.17, 15) is 10.1 Å². The van der Waals surface area contributed by atoms with Crippen molar-refractivity contribution >= 4 is 17.4 Å². The molecular formula is C18H16N4O4S. The third-order valence-corrected chi connectivity index (χ3v) is 5.28. The largest absolute Gasteiger partial charge is 0.485 e. The van der Waals surface area contributed by atoms with E-state index in [0.29, 0.717) is 34.0 Å². The molecule has 138 valence electrons. The van der Waals surface area contributed by atoms with Crippen LogP contribution in [0.4, 0.5) is 5.69 Å². The molecule has 2 aromatic carbocycles. The first-order valence-corrected chi connectivity index (χ1v) is 9.05. The number of aryl methyl sites for hydroxylation is 1. The molecule has 0 spiro atoms. The fourth-order valence-corrected chi connectivity index (χ4v) is 3.68. The van der Waals surface area contributed by atoms with Gasteiger partial charge in [0.25, 0.3) is 5.69 Å². The summed E-state index contributed by atoms with van der Waals surface area (Å²) in [6.45, 7) is 2.14. The van der Waals surface area contributed by atoms with Gasteiger partial charge in [-0.25, -0.2) is 0 Å². The van der Waals surface area contributed by atoms with Gasteiger partial charge >= 0.3 is 0 Å². The molecule has 1 aliphatic heterocycles. The van der Waals surface area contributed by atoms with Crippen LogP contribution in [0.15, 0.2) is 52.5 Å². The second-order valence-electron chi connectivity index (χ2n) is 6.09. The van der Waals surface area contributed by atoms with Crippen molar-refractivity contribution in [3.05, 3.63) is 64.0 Å². The molecule has 1 atom stereocenters. The van der Waals surface area contributed by atoms with Gasteiger partial charge in [0.1, 0.15) is 6.61 Å². The topological polar surface area (TPSA) is 92.3 Å². The third kappa shape index (κ3) is 3.33. The predicted octanol–water partition coefficient (Wildman–Crippen LogP) is 3.70. The number of nitrogens with zero attached hydrogens (tertiary/aromatic N) is 4. The van der Waals surface area contributed by atoms with Crippen molar-refractivity contribution in [1.82, 2.24) is 14.8 Å². The van der Waals surface area contributed by atoms with Gasteiger partial charge in [0, 0.05) is 13.1 Å². The predicted molar refractivity (Wildman–Crippen MR) is 98.3 cm³/mol. The van der Waals surface area contributed by atoms with Gasteiger partial charge in [-0.05, 0) is 42.4 Å². The van der Waals surface area contributed by atoms with E-state index in [1.54, 1.807) is 16.7 Å². The fourth-order valence-electron chi connectivity index (χ4n) is 2.80. The number of benzene rings is 2. The molecule has 0 aliphatic carbocycles. The zero-order chi connectivity index (χ0) is 19.0. The molecular weight excluding hydrogens is 368 g/mol. The smallest absolute Gasteiger partial charge is 0.283 e. The van der Waals surface area contributed by atoms with Crippen LogP contribution in [0.2, 0.25) is 0 Å². The maximum atomic E-state index is 11.3. The quantitative estimate of drug-likeness (QED) is 0.500. The van der Waals surface area contributed by atoms with Crippen molar-refractivity contribution in [3.63, 3.8) is 0 Å². The summed E-state index contributed by atoms with van der Waals surface area (Å²) in [7, 11) is 1.81.